The van der Waals surface area contributed by atoms with E-state index in [0.717, 1.165) is 67.5 Å². The molecule has 0 radical (unpaired) electrons. The molecular formula is C27H32FN3O4S. The SMILES string of the molecule is CCCCOCC1CCC(c2nc3cc(C(=O)OC)c(NC(=O)c4cc(F)cc(C)n4)cc3s2)CC1. The van der Waals surface area contributed by atoms with Crippen molar-refractivity contribution in [3.05, 3.63) is 52.0 Å². The molecule has 0 bridgehead atoms. The number of esters is 1. The van der Waals surface area contributed by atoms with Crippen LogP contribution in [0.2, 0.25) is 0 Å². The van der Waals surface area contributed by atoms with E-state index in [0.29, 0.717) is 23.0 Å². The molecule has 192 valence electrons. The summed E-state index contributed by atoms with van der Waals surface area (Å²) in [5.74, 6) is -0.778. The smallest absolute Gasteiger partial charge is 0.340 e. The molecule has 3 aromatic rings. The molecule has 9 heteroatoms. The number of thiazole rings is 1. The Kier molecular flexibility index (Phi) is 8.64. The molecule has 0 unspecified atom stereocenters. The second kappa shape index (κ2) is 11.9. The number of amides is 1. The molecule has 1 saturated carbocycles. The van der Waals surface area contributed by atoms with Crippen molar-refractivity contribution in [3.8, 4) is 0 Å². The van der Waals surface area contributed by atoms with Crippen LogP contribution in [0.25, 0.3) is 10.2 Å². The first-order chi connectivity index (χ1) is 17.4. The maximum absolute atomic E-state index is 13.8. The zero-order valence-corrected chi connectivity index (χ0v) is 21.8. The van der Waals surface area contributed by atoms with E-state index in [1.165, 1.54) is 13.2 Å². The molecule has 0 saturated heterocycles. The van der Waals surface area contributed by atoms with Crippen molar-refractivity contribution in [2.24, 2.45) is 5.92 Å². The second-order valence-corrected chi connectivity index (χ2v) is 10.4. The Morgan fingerprint density at radius 1 is 1.14 bits per heavy atom. The van der Waals surface area contributed by atoms with Gasteiger partial charge in [-0.25, -0.2) is 19.2 Å². The van der Waals surface area contributed by atoms with Gasteiger partial charge in [0.15, 0.2) is 0 Å². The topological polar surface area (TPSA) is 90.4 Å². The molecule has 1 aromatic carbocycles. The van der Waals surface area contributed by atoms with Crippen LogP contribution in [0, 0.1) is 18.7 Å². The number of halogens is 1. The number of rotatable bonds is 9. The van der Waals surface area contributed by atoms with E-state index < -0.39 is 17.7 Å². The van der Waals surface area contributed by atoms with Gasteiger partial charge in [0.05, 0.1) is 33.6 Å². The third-order valence-electron chi connectivity index (χ3n) is 6.54. The number of unbranched alkanes of at least 4 members (excludes halogenated alkanes) is 1. The minimum atomic E-state index is -0.605. The third kappa shape index (κ3) is 6.25. The van der Waals surface area contributed by atoms with Gasteiger partial charge in [-0.1, -0.05) is 13.3 Å². The number of nitrogens with zero attached hydrogens (tertiary/aromatic N) is 2. The number of pyridine rings is 1. The molecule has 2 aromatic heterocycles. The van der Waals surface area contributed by atoms with E-state index in [-0.39, 0.29) is 16.9 Å². The molecule has 36 heavy (non-hydrogen) atoms. The molecule has 1 aliphatic carbocycles. The highest BCUT2D eigenvalue weighted by molar-refractivity contribution is 7.18. The predicted molar refractivity (Wildman–Crippen MR) is 138 cm³/mol. The zero-order chi connectivity index (χ0) is 25.7. The van der Waals surface area contributed by atoms with Crippen molar-refractivity contribution in [2.75, 3.05) is 25.6 Å². The maximum atomic E-state index is 13.8. The van der Waals surface area contributed by atoms with Gasteiger partial charge in [-0.15, -0.1) is 11.3 Å². The van der Waals surface area contributed by atoms with Crippen LogP contribution in [-0.2, 0) is 9.47 Å². The number of anilines is 1. The molecular weight excluding hydrogens is 481 g/mol. The van der Waals surface area contributed by atoms with Crippen molar-refractivity contribution in [1.82, 2.24) is 9.97 Å². The van der Waals surface area contributed by atoms with E-state index >= 15 is 0 Å². The summed E-state index contributed by atoms with van der Waals surface area (Å²) in [6.07, 6.45) is 6.59. The fourth-order valence-corrected chi connectivity index (χ4v) is 5.71. The number of nitrogens with one attached hydrogen (secondary N) is 1. The average Bonchev–Trinajstić information content (AvgIpc) is 3.28. The number of hydrogen-bond acceptors (Lipinski definition) is 7. The summed E-state index contributed by atoms with van der Waals surface area (Å²) in [4.78, 5) is 34.2. The molecule has 1 amide bonds. The second-order valence-electron chi connectivity index (χ2n) is 9.32. The van der Waals surface area contributed by atoms with Crippen LogP contribution in [-0.4, -0.2) is 42.2 Å². The number of fused-ring (bicyclic) bond motifs is 1. The molecule has 2 heterocycles. The highest BCUT2D eigenvalue weighted by Crippen LogP contribution is 2.40. The molecule has 7 nitrogen and oxygen atoms in total. The number of ether oxygens (including phenoxy) is 2. The fraction of sp³-hybridized carbons (Fsp3) is 0.481. The summed E-state index contributed by atoms with van der Waals surface area (Å²) in [5, 5.41) is 3.75. The van der Waals surface area contributed by atoms with Crippen molar-refractivity contribution in [3.63, 3.8) is 0 Å². The lowest BCUT2D eigenvalue weighted by atomic mass is 9.83. The van der Waals surface area contributed by atoms with Gasteiger partial charge in [-0.2, -0.15) is 0 Å². The van der Waals surface area contributed by atoms with Crippen LogP contribution in [0.15, 0.2) is 24.3 Å². The predicted octanol–water partition coefficient (Wildman–Crippen LogP) is 6.27. The van der Waals surface area contributed by atoms with Crippen molar-refractivity contribution < 1.29 is 23.5 Å². The zero-order valence-electron chi connectivity index (χ0n) is 20.9. The fourth-order valence-electron chi connectivity index (χ4n) is 4.55. The van der Waals surface area contributed by atoms with Gasteiger partial charge in [0.1, 0.15) is 11.5 Å². The summed E-state index contributed by atoms with van der Waals surface area (Å²) in [7, 11) is 1.28. The summed E-state index contributed by atoms with van der Waals surface area (Å²) < 4.78 is 25.4. The van der Waals surface area contributed by atoms with E-state index in [1.54, 1.807) is 30.4 Å². The number of carbonyl (C=O) groups is 2. The number of aromatic nitrogens is 2. The average molecular weight is 514 g/mol. The van der Waals surface area contributed by atoms with Gasteiger partial charge in [0.25, 0.3) is 5.91 Å². The lowest BCUT2D eigenvalue weighted by Gasteiger charge is -2.27. The minimum Gasteiger partial charge on any atom is -0.465 e. The van der Waals surface area contributed by atoms with Crippen LogP contribution in [0.5, 0.6) is 0 Å². The van der Waals surface area contributed by atoms with E-state index in [4.69, 9.17) is 14.5 Å². The van der Waals surface area contributed by atoms with Crippen LogP contribution in [0.3, 0.4) is 0 Å². The minimum absolute atomic E-state index is 0.0659. The van der Waals surface area contributed by atoms with Crippen molar-refractivity contribution in [1.29, 1.82) is 0 Å². The molecule has 1 fully saturated rings. The first-order valence-corrected chi connectivity index (χ1v) is 13.3. The third-order valence-corrected chi connectivity index (χ3v) is 7.72. The number of carbonyl (C=O) groups excluding carboxylic acids is 2. The lowest BCUT2D eigenvalue weighted by molar-refractivity contribution is 0.0602. The molecule has 4 rings (SSSR count). The number of hydrogen-bond donors (Lipinski definition) is 1. The Bertz CT molecular complexity index is 1220. The highest BCUT2D eigenvalue weighted by Gasteiger charge is 2.26. The lowest BCUT2D eigenvalue weighted by Crippen LogP contribution is -2.18. The molecule has 0 aliphatic heterocycles. The number of benzene rings is 1. The maximum Gasteiger partial charge on any atom is 0.340 e. The largest absolute Gasteiger partial charge is 0.465 e. The normalized spacial score (nSPS) is 17.8. The van der Waals surface area contributed by atoms with E-state index in [1.807, 2.05) is 0 Å². The summed E-state index contributed by atoms with van der Waals surface area (Å²) in [6, 6.07) is 5.69. The van der Waals surface area contributed by atoms with Crippen LogP contribution < -0.4 is 5.32 Å². The van der Waals surface area contributed by atoms with Gasteiger partial charge >= 0.3 is 5.97 Å². The van der Waals surface area contributed by atoms with Crippen LogP contribution >= 0.6 is 11.3 Å². The Morgan fingerprint density at radius 3 is 2.61 bits per heavy atom. The van der Waals surface area contributed by atoms with Gasteiger partial charge in [0.2, 0.25) is 0 Å². The Labute approximate surface area is 214 Å². The van der Waals surface area contributed by atoms with Gasteiger partial charge in [0, 0.05) is 30.9 Å². The van der Waals surface area contributed by atoms with Crippen molar-refractivity contribution in [2.45, 2.75) is 58.3 Å². The molecule has 1 N–H and O–H groups in total. The standard InChI is InChI=1S/C27H32FN3O4S/c1-4-5-10-35-15-17-6-8-18(9-7-17)26-31-22-13-20(27(33)34-3)21(14-24(22)36-26)30-25(32)23-12-19(28)11-16(2)29-23/h11-14,17-18H,4-10,15H2,1-3H3,(H,30,32). The van der Waals surface area contributed by atoms with E-state index in [9.17, 15) is 14.0 Å². The monoisotopic (exact) mass is 513 g/mol. The first kappa shape index (κ1) is 26.2. The summed E-state index contributed by atoms with van der Waals surface area (Å²) >= 11 is 1.58. The van der Waals surface area contributed by atoms with E-state index in [2.05, 4.69) is 17.2 Å². The molecule has 0 atom stereocenters. The number of methoxy groups -OCH3 is 1. The Morgan fingerprint density at radius 2 is 1.92 bits per heavy atom. The van der Waals surface area contributed by atoms with Crippen LogP contribution in [0.1, 0.15) is 82.9 Å². The summed E-state index contributed by atoms with van der Waals surface area (Å²) in [6.45, 7) is 5.44. The number of aryl methyl sites for hydroxylation is 1. The summed E-state index contributed by atoms with van der Waals surface area (Å²) in [5.41, 5.74) is 1.49. The first-order valence-electron chi connectivity index (χ1n) is 12.4. The Balaban J connectivity index is 1.52. The molecule has 1 aliphatic rings. The van der Waals surface area contributed by atoms with Gasteiger partial charge in [-0.3, -0.25) is 4.79 Å². The van der Waals surface area contributed by atoms with Gasteiger partial charge in [-0.05, 0) is 63.1 Å². The van der Waals surface area contributed by atoms with Gasteiger partial charge < -0.3 is 14.8 Å². The van der Waals surface area contributed by atoms with Crippen LogP contribution in [0.4, 0.5) is 10.1 Å². The quantitative estimate of drug-likeness (QED) is 0.268. The van der Waals surface area contributed by atoms with Crippen molar-refractivity contribution >= 4 is 39.1 Å². The highest BCUT2D eigenvalue weighted by atomic mass is 32.1. The Hall–Kier alpha value is -2.91. The molecule has 0 spiro atoms.